The summed E-state index contributed by atoms with van der Waals surface area (Å²) in [4.78, 5) is 13.1. The third-order valence-corrected chi connectivity index (χ3v) is 3.21. The van der Waals surface area contributed by atoms with Crippen LogP contribution in [0.5, 0.6) is 5.75 Å². The van der Waals surface area contributed by atoms with E-state index in [4.69, 9.17) is 27.9 Å². The lowest BCUT2D eigenvalue weighted by molar-refractivity contribution is -0.146. The summed E-state index contributed by atoms with van der Waals surface area (Å²) in [5.74, 6) is 0.748. The summed E-state index contributed by atoms with van der Waals surface area (Å²) in [5, 5.41) is 1.07. The molecule has 1 fully saturated rings. The van der Waals surface area contributed by atoms with Crippen LogP contribution in [0.4, 0.5) is 0 Å². The molecule has 1 aliphatic rings. The van der Waals surface area contributed by atoms with Crippen molar-refractivity contribution in [2.24, 2.45) is 0 Å². The van der Waals surface area contributed by atoms with E-state index < -0.39 is 0 Å². The van der Waals surface area contributed by atoms with E-state index in [1.165, 1.54) is 0 Å². The zero-order valence-electron chi connectivity index (χ0n) is 9.73. The lowest BCUT2D eigenvalue weighted by Crippen LogP contribution is -2.55. The van der Waals surface area contributed by atoms with Crippen molar-refractivity contribution in [2.75, 3.05) is 13.2 Å². The molecular weight excluding hydrogens is 273 g/mol. The van der Waals surface area contributed by atoms with Crippen LogP contribution < -0.4 is 4.74 Å². The maximum absolute atomic E-state index is 11.3. The van der Waals surface area contributed by atoms with Gasteiger partial charge in [-0.25, -0.2) is 0 Å². The zero-order chi connectivity index (χ0) is 13.1. The van der Waals surface area contributed by atoms with Gasteiger partial charge in [0.25, 0.3) is 0 Å². The minimum absolute atomic E-state index is 0.105. The first kappa shape index (κ1) is 13.2. The van der Waals surface area contributed by atoms with E-state index in [0.29, 0.717) is 35.4 Å². The van der Waals surface area contributed by atoms with Crippen molar-refractivity contribution in [3.05, 3.63) is 40.9 Å². The summed E-state index contributed by atoms with van der Waals surface area (Å²) < 4.78 is 5.60. The fourth-order valence-corrected chi connectivity index (χ4v) is 2.37. The molecule has 0 N–H and O–H groups in total. The molecule has 2 rings (SSSR count). The first-order valence-electron chi connectivity index (χ1n) is 5.59. The van der Waals surface area contributed by atoms with Gasteiger partial charge < -0.3 is 9.64 Å². The van der Waals surface area contributed by atoms with Gasteiger partial charge >= 0.3 is 0 Å². The van der Waals surface area contributed by atoms with Crippen LogP contribution in [0.1, 0.15) is 6.42 Å². The Morgan fingerprint density at radius 2 is 2.06 bits per heavy atom. The summed E-state index contributed by atoms with van der Waals surface area (Å²) in [6.45, 7) is 4.62. The smallest absolute Gasteiger partial charge is 0.225 e. The van der Waals surface area contributed by atoms with Crippen LogP contribution in [0.3, 0.4) is 0 Å². The van der Waals surface area contributed by atoms with Crippen LogP contribution >= 0.6 is 23.2 Å². The zero-order valence-corrected chi connectivity index (χ0v) is 11.2. The molecular formula is C13H13Cl2NO2. The van der Waals surface area contributed by atoms with Gasteiger partial charge in [-0.15, -0.1) is 6.58 Å². The molecule has 0 saturated carbocycles. The number of ether oxygens (including phenoxy) is 1. The topological polar surface area (TPSA) is 29.5 Å². The molecule has 1 heterocycles. The quantitative estimate of drug-likeness (QED) is 0.614. The lowest BCUT2D eigenvalue weighted by Gasteiger charge is -2.39. The van der Waals surface area contributed by atoms with E-state index >= 15 is 0 Å². The van der Waals surface area contributed by atoms with Crippen LogP contribution in [-0.2, 0) is 4.79 Å². The molecule has 0 aromatic heterocycles. The Labute approximate surface area is 116 Å². The number of benzene rings is 1. The second kappa shape index (κ2) is 5.63. The highest BCUT2D eigenvalue weighted by atomic mass is 35.5. The SMILES string of the molecule is C=CCN1C(=O)C[C@@H]1COc1cc(Cl)cc(Cl)c1. The van der Waals surface area contributed by atoms with Gasteiger partial charge in [0.05, 0.1) is 12.5 Å². The first-order chi connectivity index (χ1) is 8.60. The molecule has 0 bridgehead atoms. The molecule has 5 heteroatoms. The van der Waals surface area contributed by atoms with E-state index in [1.807, 2.05) is 0 Å². The Kier molecular flexibility index (Phi) is 4.15. The predicted octanol–water partition coefficient (Wildman–Crippen LogP) is 3.16. The normalized spacial score (nSPS) is 18.4. The molecule has 1 atom stereocenters. The Morgan fingerprint density at radius 1 is 1.39 bits per heavy atom. The third-order valence-electron chi connectivity index (χ3n) is 2.78. The van der Waals surface area contributed by atoms with Crippen LogP contribution in [0.2, 0.25) is 10.0 Å². The molecule has 1 saturated heterocycles. The van der Waals surface area contributed by atoms with Gasteiger partial charge in [-0.2, -0.15) is 0 Å². The molecule has 0 aliphatic carbocycles. The van der Waals surface area contributed by atoms with Gasteiger partial charge in [0.15, 0.2) is 0 Å². The molecule has 0 spiro atoms. The highest BCUT2D eigenvalue weighted by Gasteiger charge is 2.35. The minimum Gasteiger partial charge on any atom is -0.491 e. The highest BCUT2D eigenvalue weighted by Crippen LogP contribution is 2.26. The average molecular weight is 286 g/mol. The summed E-state index contributed by atoms with van der Waals surface area (Å²) in [5.41, 5.74) is 0. The molecule has 1 amide bonds. The Hall–Kier alpha value is -1.19. The van der Waals surface area contributed by atoms with Gasteiger partial charge in [0, 0.05) is 16.6 Å². The van der Waals surface area contributed by atoms with Gasteiger partial charge in [-0.1, -0.05) is 29.3 Å². The van der Waals surface area contributed by atoms with Crippen molar-refractivity contribution < 1.29 is 9.53 Å². The molecule has 96 valence electrons. The van der Waals surface area contributed by atoms with Gasteiger partial charge in [-0.05, 0) is 18.2 Å². The lowest BCUT2D eigenvalue weighted by atomic mass is 10.0. The molecule has 1 aromatic carbocycles. The number of hydrogen-bond donors (Lipinski definition) is 0. The van der Waals surface area contributed by atoms with Gasteiger partial charge in [-0.3, -0.25) is 4.79 Å². The number of hydrogen-bond acceptors (Lipinski definition) is 2. The van der Waals surface area contributed by atoms with E-state index in [0.717, 1.165) is 0 Å². The molecule has 0 radical (unpaired) electrons. The fraction of sp³-hybridized carbons (Fsp3) is 0.308. The Balaban J connectivity index is 1.91. The summed E-state index contributed by atoms with van der Waals surface area (Å²) >= 11 is 11.7. The number of carbonyl (C=O) groups excluding carboxylic acids is 1. The molecule has 3 nitrogen and oxygen atoms in total. The molecule has 18 heavy (non-hydrogen) atoms. The van der Waals surface area contributed by atoms with E-state index in [1.54, 1.807) is 29.2 Å². The standard InChI is InChI=1S/C13H13Cl2NO2/c1-2-3-16-11(7-13(16)17)8-18-12-5-9(14)4-10(15)6-12/h2,4-6,11H,1,3,7-8H2/t11-/m1/s1. The number of rotatable bonds is 5. The minimum atomic E-state index is 0.105. The van der Waals surface area contributed by atoms with Gasteiger partial charge in [0.1, 0.15) is 12.4 Å². The maximum Gasteiger partial charge on any atom is 0.225 e. The molecule has 0 unspecified atom stereocenters. The van der Waals surface area contributed by atoms with Crippen LogP contribution in [-0.4, -0.2) is 30.0 Å². The number of carbonyl (C=O) groups is 1. The maximum atomic E-state index is 11.3. The summed E-state index contributed by atoms with van der Waals surface area (Å²) in [7, 11) is 0. The van der Waals surface area contributed by atoms with E-state index in [9.17, 15) is 4.79 Å². The first-order valence-corrected chi connectivity index (χ1v) is 6.35. The number of halogens is 2. The number of β-lactam (4-membered cyclic amide) rings is 1. The van der Waals surface area contributed by atoms with E-state index in [-0.39, 0.29) is 11.9 Å². The number of nitrogens with zero attached hydrogens (tertiary/aromatic N) is 1. The van der Waals surface area contributed by atoms with Crippen LogP contribution in [0, 0.1) is 0 Å². The van der Waals surface area contributed by atoms with Crippen molar-refractivity contribution >= 4 is 29.1 Å². The van der Waals surface area contributed by atoms with Crippen LogP contribution in [0.15, 0.2) is 30.9 Å². The highest BCUT2D eigenvalue weighted by molar-refractivity contribution is 6.34. The van der Waals surface area contributed by atoms with Crippen molar-refractivity contribution in [2.45, 2.75) is 12.5 Å². The van der Waals surface area contributed by atoms with Crippen molar-refractivity contribution in [1.82, 2.24) is 4.90 Å². The second-order valence-electron chi connectivity index (χ2n) is 4.11. The number of amides is 1. The van der Waals surface area contributed by atoms with E-state index in [2.05, 4.69) is 6.58 Å². The average Bonchev–Trinajstić information content (AvgIpc) is 2.30. The van der Waals surface area contributed by atoms with Crippen LogP contribution in [0.25, 0.3) is 0 Å². The summed E-state index contributed by atoms with van der Waals surface area (Å²) in [6.07, 6.45) is 2.22. The monoisotopic (exact) mass is 285 g/mol. The Morgan fingerprint density at radius 3 is 2.61 bits per heavy atom. The number of likely N-dealkylation sites (tertiary alicyclic amines) is 1. The summed E-state index contributed by atoms with van der Waals surface area (Å²) in [6, 6.07) is 5.15. The fourth-order valence-electron chi connectivity index (χ4n) is 1.86. The molecule has 1 aromatic rings. The largest absolute Gasteiger partial charge is 0.491 e. The molecule has 1 aliphatic heterocycles. The predicted molar refractivity (Wildman–Crippen MR) is 72.3 cm³/mol. The Bertz CT molecular complexity index is 456. The van der Waals surface area contributed by atoms with Crippen molar-refractivity contribution in [3.63, 3.8) is 0 Å². The second-order valence-corrected chi connectivity index (χ2v) is 4.98. The third kappa shape index (κ3) is 2.98. The van der Waals surface area contributed by atoms with Gasteiger partial charge in [0.2, 0.25) is 5.91 Å². The van der Waals surface area contributed by atoms with Crippen molar-refractivity contribution in [1.29, 1.82) is 0 Å². The van der Waals surface area contributed by atoms with Crippen molar-refractivity contribution in [3.8, 4) is 5.75 Å².